The van der Waals surface area contributed by atoms with Crippen LogP contribution in [0.1, 0.15) is 23.7 Å². The summed E-state index contributed by atoms with van der Waals surface area (Å²) in [6.45, 7) is 0. The third kappa shape index (κ3) is 3.74. The molecule has 0 spiro atoms. The molecule has 1 atom stereocenters. The third-order valence-electron chi connectivity index (χ3n) is 3.05. The first-order valence-electron chi connectivity index (χ1n) is 6.65. The van der Waals surface area contributed by atoms with Crippen LogP contribution in [0.25, 0.3) is 0 Å². The topological polar surface area (TPSA) is 64.1 Å². The standard InChI is InChI=1S/C14H15N3O2S2/c1-19-12(18)11(9-5-3-2-4-6-9)20-14-17-16-13(21-14)15-10-7-8-10/h2-6,10-11H,7-8H2,1H3,(H,15,16)/t11-/m1/s1. The summed E-state index contributed by atoms with van der Waals surface area (Å²) in [5.41, 5.74) is 0.904. The molecule has 0 bridgehead atoms. The maximum atomic E-state index is 12.0. The summed E-state index contributed by atoms with van der Waals surface area (Å²) in [6.07, 6.45) is 2.38. The number of rotatable bonds is 6. The summed E-state index contributed by atoms with van der Waals surface area (Å²) in [5, 5.41) is 12.0. The summed E-state index contributed by atoms with van der Waals surface area (Å²) >= 11 is 2.85. The van der Waals surface area contributed by atoms with Gasteiger partial charge in [0.2, 0.25) is 5.13 Å². The lowest BCUT2D eigenvalue weighted by Crippen LogP contribution is -2.10. The van der Waals surface area contributed by atoms with Gasteiger partial charge in [0.1, 0.15) is 5.25 Å². The van der Waals surface area contributed by atoms with E-state index in [-0.39, 0.29) is 5.97 Å². The summed E-state index contributed by atoms with van der Waals surface area (Å²) < 4.78 is 5.66. The number of esters is 1. The van der Waals surface area contributed by atoms with E-state index in [1.54, 1.807) is 0 Å². The quantitative estimate of drug-likeness (QED) is 0.651. The number of thioether (sulfide) groups is 1. The van der Waals surface area contributed by atoms with Crippen LogP contribution < -0.4 is 5.32 Å². The number of benzene rings is 1. The van der Waals surface area contributed by atoms with Gasteiger partial charge >= 0.3 is 5.97 Å². The molecule has 1 fully saturated rings. The van der Waals surface area contributed by atoms with Crippen LogP contribution >= 0.6 is 23.1 Å². The minimum atomic E-state index is -0.419. The van der Waals surface area contributed by atoms with Gasteiger partial charge in [-0.05, 0) is 18.4 Å². The number of carbonyl (C=O) groups is 1. The van der Waals surface area contributed by atoms with Crippen molar-refractivity contribution in [2.24, 2.45) is 0 Å². The average molecular weight is 321 g/mol. The number of hydrogen-bond acceptors (Lipinski definition) is 7. The van der Waals surface area contributed by atoms with E-state index in [4.69, 9.17) is 4.74 Å². The molecular formula is C14H15N3O2S2. The largest absolute Gasteiger partial charge is 0.468 e. The lowest BCUT2D eigenvalue weighted by Gasteiger charge is -2.12. The second-order valence-electron chi connectivity index (χ2n) is 4.72. The molecule has 1 heterocycles. The second kappa shape index (κ2) is 6.44. The molecule has 0 unspecified atom stereocenters. The number of carbonyl (C=O) groups excluding carboxylic acids is 1. The monoisotopic (exact) mass is 321 g/mol. The van der Waals surface area contributed by atoms with Crippen molar-refractivity contribution in [3.05, 3.63) is 35.9 Å². The van der Waals surface area contributed by atoms with Crippen LogP contribution in [0.3, 0.4) is 0 Å². The Morgan fingerprint density at radius 1 is 1.38 bits per heavy atom. The summed E-state index contributed by atoms with van der Waals surface area (Å²) in [7, 11) is 1.40. The predicted molar refractivity (Wildman–Crippen MR) is 83.6 cm³/mol. The number of hydrogen-bond donors (Lipinski definition) is 1. The molecule has 5 nitrogen and oxygen atoms in total. The van der Waals surface area contributed by atoms with E-state index in [0.29, 0.717) is 6.04 Å². The smallest absolute Gasteiger partial charge is 0.323 e. The summed E-state index contributed by atoms with van der Waals surface area (Å²) in [5.74, 6) is -0.280. The first-order valence-corrected chi connectivity index (χ1v) is 8.35. The van der Waals surface area contributed by atoms with E-state index >= 15 is 0 Å². The zero-order valence-electron chi connectivity index (χ0n) is 11.5. The van der Waals surface area contributed by atoms with Gasteiger partial charge in [-0.15, -0.1) is 10.2 Å². The fourth-order valence-electron chi connectivity index (χ4n) is 1.81. The van der Waals surface area contributed by atoms with Gasteiger partial charge in [0, 0.05) is 6.04 Å². The number of ether oxygens (including phenoxy) is 1. The Labute approximate surface area is 131 Å². The van der Waals surface area contributed by atoms with Gasteiger partial charge in [0.15, 0.2) is 4.34 Å². The van der Waals surface area contributed by atoms with Crippen molar-refractivity contribution in [3.63, 3.8) is 0 Å². The molecule has 0 saturated heterocycles. The van der Waals surface area contributed by atoms with E-state index in [9.17, 15) is 4.79 Å². The van der Waals surface area contributed by atoms with E-state index in [2.05, 4.69) is 15.5 Å². The highest BCUT2D eigenvalue weighted by molar-refractivity contribution is 8.01. The van der Waals surface area contributed by atoms with E-state index < -0.39 is 5.25 Å². The lowest BCUT2D eigenvalue weighted by atomic mass is 10.1. The number of nitrogens with one attached hydrogen (secondary N) is 1. The highest BCUT2D eigenvalue weighted by Gasteiger charge is 2.26. The molecule has 0 aliphatic heterocycles. The van der Waals surface area contributed by atoms with Gasteiger partial charge in [-0.2, -0.15) is 0 Å². The molecule has 1 N–H and O–H groups in total. The Kier molecular flexibility index (Phi) is 4.40. The van der Waals surface area contributed by atoms with Gasteiger partial charge in [0.25, 0.3) is 0 Å². The van der Waals surface area contributed by atoms with E-state index in [1.807, 2.05) is 30.3 Å². The normalized spacial score (nSPS) is 15.5. The van der Waals surface area contributed by atoms with Crippen LogP contribution in [0.4, 0.5) is 5.13 Å². The molecule has 1 aliphatic rings. The van der Waals surface area contributed by atoms with Crippen LogP contribution in [0.15, 0.2) is 34.7 Å². The zero-order valence-corrected chi connectivity index (χ0v) is 13.1. The number of methoxy groups -OCH3 is 1. The molecule has 0 radical (unpaired) electrons. The molecule has 0 amide bonds. The van der Waals surface area contributed by atoms with Crippen molar-refractivity contribution in [1.29, 1.82) is 0 Å². The van der Waals surface area contributed by atoms with Crippen LogP contribution in [0, 0.1) is 0 Å². The SMILES string of the molecule is COC(=O)[C@H](Sc1nnc(NC2CC2)s1)c1ccccc1. The molecular weight excluding hydrogens is 306 g/mol. The van der Waals surface area contributed by atoms with Crippen LogP contribution in [0.2, 0.25) is 0 Å². The minimum absolute atomic E-state index is 0.280. The van der Waals surface area contributed by atoms with Crippen molar-refractivity contribution >= 4 is 34.2 Å². The van der Waals surface area contributed by atoms with Crippen LogP contribution in [-0.4, -0.2) is 29.3 Å². The van der Waals surface area contributed by atoms with Crippen LogP contribution in [-0.2, 0) is 9.53 Å². The Balaban J connectivity index is 1.74. The van der Waals surface area contributed by atoms with Crippen LogP contribution in [0.5, 0.6) is 0 Å². The van der Waals surface area contributed by atoms with Crippen molar-refractivity contribution in [1.82, 2.24) is 10.2 Å². The van der Waals surface area contributed by atoms with Crippen molar-refractivity contribution in [2.75, 3.05) is 12.4 Å². The van der Waals surface area contributed by atoms with Gasteiger partial charge in [-0.1, -0.05) is 53.4 Å². The molecule has 2 aromatic rings. The zero-order chi connectivity index (χ0) is 14.7. The summed E-state index contributed by atoms with van der Waals surface area (Å²) in [4.78, 5) is 12.0. The number of nitrogens with zero attached hydrogens (tertiary/aromatic N) is 2. The lowest BCUT2D eigenvalue weighted by molar-refractivity contribution is -0.140. The molecule has 1 aliphatic carbocycles. The molecule has 110 valence electrons. The highest BCUT2D eigenvalue weighted by atomic mass is 32.2. The minimum Gasteiger partial charge on any atom is -0.468 e. The maximum Gasteiger partial charge on any atom is 0.323 e. The molecule has 1 aromatic heterocycles. The molecule has 7 heteroatoms. The molecule has 1 saturated carbocycles. The average Bonchev–Trinajstić information content (AvgIpc) is 3.22. The van der Waals surface area contributed by atoms with Crippen molar-refractivity contribution in [3.8, 4) is 0 Å². The number of aromatic nitrogens is 2. The Morgan fingerprint density at radius 3 is 2.81 bits per heavy atom. The van der Waals surface area contributed by atoms with E-state index in [1.165, 1.54) is 43.1 Å². The fraction of sp³-hybridized carbons (Fsp3) is 0.357. The third-order valence-corrected chi connectivity index (χ3v) is 5.22. The van der Waals surface area contributed by atoms with Gasteiger partial charge in [0.05, 0.1) is 7.11 Å². The fourth-order valence-corrected chi connectivity index (χ4v) is 3.85. The van der Waals surface area contributed by atoms with Gasteiger partial charge < -0.3 is 10.1 Å². The Hall–Kier alpha value is -1.60. The first-order chi connectivity index (χ1) is 10.3. The van der Waals surface area contributed by atoms with E-state index in [0.717, 1.165) is 15.0 Å². The molecule has 1 aromatic carbocycles. The van der Waals surface area contributed by atoms with Crippen molar-refractivity contribution in [2.45, 2.75) is 28.5 Å². The molecule has 3 rings (SSSR count). The predicted octanol–water partition coefficient (Wildman–Crippen LogP) is 3.12. The maximum absolute atomic E-state index is 12.0. The van der Waals surface area contributed by atoms with Crippen molar-refractivity contribution < 1.29 is 9.53 Å². The summed E-state index contributed by atoms with van der Waals surface area (Å²) in [6, 6.07) is 10.1. The first kappa shape index (κ1) is 14.3. The van der Waals surface area contributed by atoms with Gasteiger partial charge in [-0.3, -0.25) is 4.79 Å². The molecule has 21 heavy (non-hydrogen) atoms. The van der Waals surface area contributed by atoms with Gasteiger partial charge in [-0.25, -0.2) is 0 Å². The number of anilines is 1. The Morgan fingerprint density at radius 2 is 2.14 bits per heavy atom. The highest BCUT2D eigenvalue weighted by Crippen LogP contribution is 2.39. The second-order valence-corrected chi connectivity index (χ2v) is 7.05. The Bertz CT molecular complexity index is 614.